The topological polar surface area (TPSA) is 69.6 Å². The Labute approximate surface area is 97.8 Å². The molecule has 6 heteroatoms. The van der Waals surface area contributed by atoms with Crippen LogP contribution >= 0.6 is 0 Å². The molecule has 0 aliphatic heterocycles. The predicted molar refractivity (Wildman–Crippen MR) is 60.7 cm³/mol. The first-order valence-electron chi connectivity index (χ1n) is 5.00. The average molecular weight is 240 g/mol. The highest BCUT2D eigenvalue weighted by Gasteiger charge is 2.12. The number of carbonyl (C=O) groups is 2. The van der Waals surface area contributed by atoms with Crippen LogP contribution in [0.25, 0.3) is 0 Å². The molecular formula is C11H13FN2O3. The SMILES string of the molecule is CCN(C)C(=O)Nc1ccc(C(=O)O)c(F)c1. The number of anilines is 1. The van der Waals surface area contributed by atoms with Crippen LogP contribution in [0.2, 0.25) is 0 Å². The van der Waals surface area contributed by atoms with Gasteiger partial charge in [0.05, 0.1) is 5.56 Å². The number of halogens is 1. The standard InChI is InChI=1S/C11H13FN2O3/c1-3-14(2)11(17)13-7-4-5-8(10(15)16)9(12)6-7/h4-6H,3H2,1-2H3,(H,13,17)(H,15,16). The predicted octanol–water partition coefficient (Wildman–Crippen LogP) is 2.01. The number of urea groups is 1. The molecule has 0 aliphatic carbocycles. The lowest BCUT2D eigenvalue weighted by Crippen LogP contribution is -2.30. The highest BCUT2D eigenvalue weighted by molar-refractivity contribution is 5.91. The molecule has 2 amide bonds. The Morgan fingerprint density at radius 2 is 2.12 bits per heavy atom. The summed E-state index contributed by atoms with van der Waals surface area (Å²) in [7, 11) is 1.59. The molecule has 0 bridgehead atoms. The van der Waals surface area contributed by atoms with E-state index in [1.807, 2.05) is 0 Å². The fraction of sp³-hybridized carbons (Fsp3) is 0.273. The van der Waals surface area contributed by atoms with Crippen molar-refractivity contribution in [3.8, 4) is 0 Å². The number of carboxylic acids is 1. The van der Waals surface area contributed by atoms with Crippen molar-refractivity contribution in [1.29, 1.82) is 0 Å². The number of rotatable bonds is 3. The van der Waals surface area contributed by atoms with Crippen LogP contribution in [0.4, 0.5) is 14.9 Å². The van der Waals surface area contributed by atoms with Gasteiger partial charge >= 0.3 is 12.0 Å². The van der Waals surface area contributed by atoms with Gasteiger partial charge in [0.15, 0.2) is 0 Å². The summed E-state index contributed by atoms with van der Waals surface area (Å²) in [6.45, 7) is 2.31. The van der Waals surface area contributed by atoms with Crippen LogP contribution in [0, 0.1) is 5.82 Å². The summed E-state index contributed by atoms with van der Waals surface area (Å²) < 4.78 is 13.3. The van der Waals surface area contributed by atoms with E-state index in [0.717, 1.165) is 12.1 Å². The second kappa shape index (κ2) is 5.29. The van der Waals surface area contributed by atoms with E-state index in [4.69, 9.17) is 5.11 Å². The first-order valence-corrected chi connectivity index (χ1v) is 5.00. The maximum Gasteiger partial charge on any atom is 0.338 e. The minimum absolute atomic E-state index is 0.220. The molecule has 0 saturated heterocycles. The Morgan fingerprint density at radius 3 is 2.59 bits per heavy atom. The summed E-state index contributed by atoms with van der Waals surface area (Å²) in [5, 5.41) is 11.1. The van der Waals surface area contributed by atoms with Crippen LogP contribution in [0.3, 0.4) is 0 Å². The molecular weight excluding hydrogens is 227 g/mol. The molecule has 1 rings (SSSR count). The summed E-state index contributed by atoms with van der Waals surface area (Å²) in [6, 6.07) is 3.05. The van der Waals surface area contributed by atoms with E-state index in [9.17, 15) is 14.0 Å². The smallest absolute Gasteiger partial charge is 0.338 e. The lowest BCUT2D eigenvalue weighted by Gasteiger charge is -2.15. The van der Waals surface area contributed by atoms with E-state index in [-0.39, 0.29) is 11.7 Å². The van der Waals surface area contributed by atoms with Gasteiger partial charge in [-0.25, -0.2) is 14.0 Å². The van der Waals surface area contributed by atoms with Crippen molar-refractivity contribution in [3.63, 3.8) is 0 Å². The molecule has 0 fully saturated rings. The van der Waals surface area contributed by atoms with Gasteiger partial charge in [0, 0.05) is 19.3 Å². The Kier molecular flexibility index (Phi) is 4.03. The third-order valence-electron chi connectivity index (χ3n) is 2.27. The van der Waals surface area contributed by atoms with Gasteiger partial charge in [-0.2, -0.15) is 0 Å². The molecule has 17 heavy (non-hydrogen) atoms. The number of hydrogen-bond acceptors (Lipinski definition) is 2. The van der Waals surface area contributed by atoms with Crippen molar-refractivity contribution >= 4 is 17.7 Å². The second-order valence-corrected chi connectivity index (χ2v) is 3.44. The number of carbonyl (C=O) groups excluding carboxylic acids is 1. The Hall–Kier alpha value is -2.11. The molecule has 0 saturated carbocycles. The Balaban J connectivity index is 2.84. The molecule has 1 aromatic carbocycles. The first-order chi connectivity index (χ1) is 7.95. The Morgan fingerprint density at radius 1 is 1.47 bits per heavy atom. The van der Waals surface area contributed by atoms with E-state index >= 15 is 0 Å². The van der Waals surface area contributed by atoms with Gasteiger partial charge in [-0.15, -0.1) is 0 Å². The van der Waals surface area contributed by atoms with Crippen LogP contribution in [0.1, 0.15) is 17.3 Å². The van der Waals surface area contributed by atoms with Gasteiger partial charge in [0.2, 0.25) is 0 Å². The quantitative estimate of drug-likeness (QED) is 0.849. The van der Waals surface area contributed by atoms with E-state index in [2.05, 4.69) is 5.32 Å². The maximum absolute atomic E-state index is 13.3. The molecule has 92 valence electrons. The molecule has 1 aromatic rings. The van der Waals surface area contributed by atoms with E-state index in [1.54, 1.807) is 14.0 Å². The molecule has 0 atom stereocenters. The molecule has 0 spiro atoms. The molecule has 0 unspecified atom stereocenters. The molecule has 0 heterocycles. The van der Waals surface area contributed by atoms with Gasteiger partial charge in [0.25, 0.3) is 0 Å². The lowest BCUT2D eigenvalue weighted by atomic mass is 10.2. The zero-order valence-corrected chi connectivity index (χ0v) is 9.53. The largest absolute Gasteiger partial charge is 0.478 e. The van der Waals surface area contributed by atoms with Gasteiger partial charge < -0.3 is 15.3 Å². The van der Waals surface area contributed by atoms with Gasteiger partial charge in [0.1, 0.15) is 5.82 Å². The van der Waals surface area contributed by atoms with Crippen molar-refractivity contribution in [3.05, 3.63) is 29.6 Å². The highest BCUT2D eigenvalue weighted by Crippen LogP contribution is 2.14. The highest BCUT2D eigenvalue weighted by atomic mass is 19.1. The summed E-state index contributed by atoms with van der Waals surface area (Å²) in [4.78, 5) is 23.4. The molecule has 5 nitrogen and oxygen atoms in total. The summed E-state index contributed by atoms with van der Waals surface area (Å²) in [5.41, 5.74) is -0.204. The number of aromatic carboxylic acids is 1. The van der Waals surface area contributed by atoms with Gasteiger partial charge in [-0.05, 0) is 25.1 Å². The van der Waals surface area contributed by atoms with Crippen molar-refractivity contribution in [2.45, 2.75) is 6.92 Å². The van der Waals surface area contributed by atoms with Gasteiger partial charge in [-0.3, -0.25) is 0 Å². The lowest BCUT2D eigenvalue weighted by molar-refractivity contribution is 0.0692. The average Bonchev–Trinajstić information content (AvgIpc) is 2.27. The summed E-state index contributed by atoms with van der Waals surface area (Å²) >= 11 is 0. The Bertz CT molecular complexity index is 448. The molecule has 0 radical (unpaired) electrons. The minimum Gasteiger partial charge on any atom is -0.478 e. The number of amides is 2. The zero-order valence-electron chi connectivity index (χ0n) is 9.53. The van der Waals surface area contributed by atoms with Crippen LogP contribution in [-0.4, -0.2) is 35.6 Å². The normalized spacial score (nSPS) is 9.82. The van der Waals surface area contributed by atoms with Gasteiger partial charge in [-0.1, -0.05) is 0 Å². The van der Waals surface area contributed by atoms with Crippen LogP contribution in [-0.2, 0) is 0 Å². The maximum atomic E-state index is 13.3. The van der Waals surface area contributed by atoms with Crippen LogP contribution < -0.4 is 5.32 Å². The number of benzene rings is 1. The third-order valence-corrected chi connectivity index (χ3v) is 2.27. The van der Waals surface area contributed by atoms with Crippen molar-refractivity contribution < 1.29 is 19.1 Å². The molecule has 0 aliphatic rings. The van der Waals surface area contributed by atoms with E-state index in [0.29, 0.717) is 6.54 Å². The number of hydrogen-bond donors (Lipinski definition) is 2. The second-order valence-electron chi connectivity index (χ2n) is 3.44. The first kappa shape index (κ1) is 13.0. The monoisotopic (exact) mass is 240 g/mol. The van der Waals surface area contributed by atoms with E-state index in [1.165, 1.54) is 11.0 Å². The third kappa shape index (κ3) is 3.17. The molecule has 0 aromatic heterocycles. The molecule has 2 N–H and O–H groups in total. The zero-order chi connectivity index (χ0) is 13.0. The fourth-order valence-electron chi connectivity index (χ4n) is 1.13. The number of nitrogens with zero attached hydrogens (tertiary/aromatic N) is 1. The van der Waals surface area contributed by atoms with Crippen LogP contribution in [0.15, 0.2) is 18.2 Å². The minimum atomic E-state index is -1.34. The number of carboxylic acid groups (broad SMARTS) is 1. The number of nitrogens with one attached hydrogen (secondary N) is 1. The summed E-state index contributed by atoms with van der Waals surface area (Å²) in [5.74, 6) is -2.22. The van der Waals surface area contributed by atoms with Crippen molar-refractivity contribution in [2.75, 3.05) is 18.9 Å². The van der Waals surface area contributed by atoms with E-state index < -0.39 is 17.3 Å². The van der Waals surface area contributed by atoms with Crippen molar-refractivity contribution in [1.82, 2.24) is 4.90 Å². The fourth-order valence-corrected chi connectivity index (χ4v) is 1.13. The summed E-state index contributed by atoms with van der Waals surface area (Å²) in [6.07, 6.45) is 0. The van der Waals surface area contributed by atoms with Crippen molar-refractivity contribution in [2.24, 2.45) is 0 Å². The van der Waals surface area contributed by atoms with Crippen LogP contribution in [0.5, 0.6) is 0 Å².